The molecule has 3 N–H and O–H groups in total. The average Bonchev–Trinajstić information content (AvgIpc) is 2.36. The molecular weight excluding hydrogens is 266 g/mol. The number of esters is 1. The minimum Gasteiger partial charge on any atom is -0.507 e. The molecule has 0 heterocycles. The van der Waals surface area contributed by atoms with Crippen LogP contribution in [-0.2, 0) is 14.3 Å². The largest absolute Gasteiger partial charge is 0.507 e. The highest BCUT2D eigenvalue weighted by Gasteiger charge is 2.10. The van der Waals surface area contributed by atoms with Gasteiger partial charge in [0.25, 0.3) is 0 Å². The third-order valence-corrected chi connectivity index (χ3v) is 2.15. The van der Waals surface area contributed by atoms with Gasteiger partial charge in [-0.2, -0.15) is 0 Å². The Hall–Kier alpha value is -2.83. The first-order valence-electron chi connectivity index (χ1n) is 5.66. The molecule has 0 unspecified atom stereocenters. The number of carbonyl (C=O) groups is 3. The fourth-order valence-electron chi connectivity index (χ4n) is 1.31. The van der Waals surface area contributed by atoms with Gasteiger partial charge in [-0.3, -0.25) is 4.79 Å². The summed E-state index contributed by atoms with van der Waals surface area (Å²) in [4.78, 5) is 33.1. The number of carbonyl (C=O) groups excluding carboxylic acids is 2. The SMILES string of the molecule is CCOC(=O)/C=C/C(=O)Nc1ccc(C(=O)O)c(O)c1. The highest BCUT2D eigenvalue weighted by Crippen LogP contribution is 2.21. The molecule has 1 aromatic carbocycles. The normalized spacial score (nSPS) is 10.2. The molecule has 0 spiro atoms. The molecule has 1 rings (SSSR count). The predicted molar refractivity (Wildman–Crippen MR) is 69.5 cm³/mol. The van der Waals surface area contributed by atoms with Crippen molar-refractivity contribution in [2.75, 3.05) is 11.9 Å². The van der Waals surface area contributed by atoms with E-state index in [0.717, 1.165) is 24.3 Å². The van der Waals surface area contributed by atoms with Crippen LogP contribution in [0.15, 0.2) is 30.4 Å². The summed E-state index contributed by atoms with van der Waals surface area (Å²) in [6.45, 7) is 1.84. The highest BCUT2D eigenvalue weighted by atomic mass is 16.5. The minimum atomic E-state index is -1.28. The minimum absolute atomic E-state index is 0.200. The average molecular weight is 279 g/mol. The van der Waals surface area contributed by atoms with Gasteiger partial charge in [-0.15, -0.1) is 0 Å². The van der Waals surface area contributed by atoms with Gasteiger partial charge in [0.05, 0.1) is 6.61 Å². The van der Waals surface area contributed by atoms with Crippen molar-refractivity contribution in [1.29, 1.82) is 0 Å². The van der Waals surface area contributed by atoms with Gasteiger partial charge in [0, 0.05) is 23.9 Å². The van der Waals surface area contributed by atoms with E-state index in [0.29, 0.717) is 0 Å². The Bertz CT molecular complexity index is 564. The van der Waals surface area contributed by atoms with E-state index in [4.69, 9.17) is 5.11 Å². The molecule has 0 radical (unpaired) electrons. The maximum Gasteiger partial charge on any atom is 0.339 e. The second-order valence-electron chi connectivity index (χ2n) is 3.61. The van der Waals surface area contributed by atoms with Crippen molar-refractivity contribution in [2.45, 2.75) is 6.92 Å². The topological polar surface area (TPSA) is 113 Å². The first kappa shape index (κ1) is 15.2. The summed E-state index contributed by atoms with van der Waals surface area (Å²) >= 11 is 0. The number of nitrogens with one attached hydrogen (secondary N) is 1. The Morgan fingerprint density at radius 3 is 2.55 bits per heavy atom. The number of rotatable bonds is 5. The maximum atomic E-state index is 11.4. The molecule has 106 valence electrons. The van der Waals surface area contributed by atoms with E-state index in [9.17, 15) is 19.5 Å². The summed E-state index contributed by atoms with van der Waals surface area (Å²) < 4.78 is 4.59. The van der Waals surface area contributed by atoms with Gasteiger partial charge in [0.15, 0.2) is 0 Å². The monoisotopic (exact) mass is 279 g/mol. The number of aromatic hydroxyl groups is 1. The van der Waals surface area contributed by atoms with Gasteiger partial charge >= 0.3 is 11.9 Å². The van der Waals surface area contributed by atoms with Gasteiger partial charge in [0.2, 0.25) is 5.91 Å². The molecule has 0 aliphatic rings. The summed E-state index contributed by atoms with van der Waals surface area (Å²) in [5.41, 5.74) is -0.0731. The number of hydrogen-bond acceptors (Lipinski definition) is 5. The highest BCUT2D eigenvalue weighted by molar-refractivity contribution is 6.03. The van der Waals surface area contributed by atoms with Crippen LogP contribution in [0.1, 0.15) is 17.3 Å². The number of anilines is 1. The molecular formula is C13H13NO6. The van der Waals surface area contributed by atoms with E-state index in [1.165, 1.54) is 6.07 Å². The van der Waals surface area contributed by atoms with Gasteiger partial charge in [-0.1, -0.05) is 0 Å². The van der Waals surface area contributed by atoms with Crippen LogP contribution in [0.4, 0.5) is 5.69 Å². The number of benzene rings is 1. The van der Waals surface area contributed by atoms with Crippen molar-refractivity contribution < 1.29 is 29.3 Å². The van der Waals surface area contributed by atoms with Crippen LogP contribution in [0.25, 0.3) is 0 Å². The Morgan fingerprint density at radius 2 is 2.00 bits per heavy atom. The van der Waals surface area contributed by atoms with Crippen LogP contribution < -0.4 is 5.32 Å². The van der Waals surface area contributed by atoms with E-state index >= 15 is 0 Å². The van der Waals surface area contributed by atoms with Gasteiger partial charge in [-0.25, -0.2) is 9.59 Å². The number of ether oxygens (including phenoxy) is 1. The van der Waals surface area contributed by atoms with E-state index in [1.807, 2.05) is 0 Å². The Balaban J connectivity index is 2.69. The second kappa shape index (κ2) is 6.93. The van der Waals surface area contributed by atoms with Crippen LogP contribution in [0.3, 0.4) is 0 Å². The smallest absolute Gasteiger partial charge is 0.339 e. The van der Waals surface area contributed by atoms with E-state index in [2.05, 4.69) is 10.1 Å². The summed E-state index contributed by atoms with van der Waals surface area (Å²) in [5, 5.41) is 20.5. The maximum absolute atomic E-state index is 11.4. The zero-order valence-corrected chi connectivity index (χ0v) is 10.6. The second-order valence-corrected chi connectivity index (χ2v) is 3.61. The Morgan fingerprint density at radius 1 is 1.30 bits per heavy atom. The van der Waals surface area contributed by atoms with Gasteiger partial charge in [0.1, 0.15) is 11.3 Å². The molecule has 0 aliphatic carbocycles. The summed E-state index contributed by atoms with van der Waals surface area (Å²) in [6, 6.07) is 3.57. The summed E-state index contributed by atoms with van der Waals surface area (Å²) in [7, 11) is 0. The number of carboxylic acids is 1. The third-order valence-electron chi connectivity index (χ3n) is 2.15. The van der Waals surface area contributed by atoms with Gasteiger partial charge in [-0.05, 0) is 19.1 Å². The quantitative estimate of drug-likeness (QED) is 0.550. The van der Waals surface area contributed by atoms with Gasteiger partial charge < -0.3 is 20.3 Å². The predicted octanol–water partition coefficient (Wildman–Crippen LogP) is 1.15. The molecule has 20 heavy (non-hydrogen) atoms. The fraction of sp³-hybridized carbons (Fsp3) is 0.154. The Labute approximate surface area is 114 Å². The molecule has 0 aromatic heterocycles. The van der Waals surface area contributed by atoms with Crippen molar-refractivity contribution in [1.82, 2.24) is 0 Å². The molecule has 0 aliphatic heterocycles. The Kier molecular flexibility index (Phi) is 5.28. The van der Waals surface area contributed by atoms with Crippen LogP contribution in [0, 0.1) is 0 Å². The van der Waals surface area contributed by atoms with E-state index in [1.54, 1.807) is 6.92 Å². The number of phenols is 1. The molecule has 1 aromatic rings. The van der Waals surface area contributed by atoms with Crippen molar-refractivity contribution in [3.8, 4) is 5.75 Å². The molecule has 1 amide bonds. The summed E-state index contributed by atoms with van der Waals surface area (Å²) in [5.74, 6) is -3.00. The first-order chi connectivity index (χ1) is 9.43. The van der Waals surface area contributed by atoms with Crippen LogP contribution in [0.5, 0.6) is 5.75 Å². The molecule has 0 bridgehead atoms. The molecule has 7 heteroatoms. The van der Waals surface area contributed by atoms with Crippen molar-refractivity contribution in [3.05, 3.63) is 35.9 Å². The van der Waals surface area contributed by atoms with Crippen molar-refractivity contribution in [2.24, 2.45) is 0 Å². The number of carboxylic acid groups (broad SMARTS) is 1. The molecule has 0 atom stereocenters. The van der Waals surface area contributed by atoms with E-state index in [-0.39, 0.29) is 17.9 Å². The number of hydrogen-bond donors (Lipinski definition) is 3. The van der Waals surface area contributed by atoms with Crippen molar-refractivity contribution in [3.63, 3.8) is 0 Å². The van der Waals surface area contributed by atoms with Crippen LogP contribution in [-0.4, -0.2) is 34.7 Å². The lowest BCUT2D eigenvalue weighted by Crippen LogP contribution is -2.10. The zero-order chi connectivity index (χ0) is 15.1. The number of aromatic carboxylic acids is 1. The fourth-order valence-corrected chi connectivity index (χ4v) is 1.31. The lowest BCUT2D eigenvalue weighted by Gasteiger charge is -2.04. The zero-order valence-electron chi connectivity index (χ0n) is 10.6. The standard InChI is InChI=1S/C13H13NO6/c1-2-20-12(17)6-5-11(16)14-8-3-4-9(13(18)19)10(15)7-8/h3-7,15H,2H2,1H3,(H,14,16)(H,18,19)/b6-5+. The van der Waals surface area contributed by atoms with E-state index < -0.39 is 23.6 Å². The number of amides is 1. The van der Waals surface area contributed by atoms with Crippen molar-refractivity contribution >= 4 is 23.5 Å². The molecule has 0 saturated heterocycles. The molecule has 0 fully saturated rings. The molecule has 7 nitrogen and oxygen atoms in total. The van der Waals surface area contributed by atoms with Crippen LogP contribution >= 0.6 is 0 Å². The molecule has 0 saturated carbocycles. The first-order valence-corrected chi connectivity index (χ1v) is 5.66. The lowest BCUT2D eigenvalue weighted by molar-refractivity contribution is -0.137. The summed E-state index contributed by atoms with van der Waals surface area (Å²) in [6.07, 6.45) is 1.93. The third kappa shape index (κ3) is 4.45. The van der Waals surface area contributed by atoms with Crippen LogP contribution in [0.2, 0.25) is 0 Å². The lowest BCUT2D eigenvalue weighted by atomic mass is 10.2.